The summed E-state index contributed by atoms with van der Waals surface area (Å²) in [5.74, 6) is -0.630. The summed E-state index contributed by atoms with van der Waals surface area (Å²) in [7, 11) is 0. The van der Waals surface area contributed by atoms with Crippen LogP contribution in [0.3, 0.4) is 0 Å². The molecule has 0 saturated carbocycles. The van der Waals surface area contributed by atoms with Crippen LogP contribution in [0.5, 0.6) is 0 Å². The van der Waals surface area contributed by atoms with Crippen LogP contribution in [0.2, 0.25) is 0 Å². The molecule has 2 aromatic rings. The van der Waals surface area contributed by atoms with E-state index in [9.17, 15) is 13.6 Å². The quantitative estimate of drug-likeness (QED) is 0.502. The molecule has 19 heavy (non-hydrogen) atoms. The second kappa shape index (κ2) is 5.25. The Kier molecular flexibility index (Phi) is 3.68. The zero-order chi connectivity index (χ0) is 14.0. The molecule has 0 aliphatic rings. The van der Waals surface area contributed by atoms with E-state index < -0.39 is 17.2 Å². The summed E-state index contributed by atoms with van der Waals surface area (Å²) in [6, 6.07) is 10.5. The van der Waals surface area contributed by atoms with Crippen LogP contribution in [0, 0.1) is 0 Å². The molecular weight excluding hydrogens is 266 g/mol. The molecule has 2 rings (SSSR count). The zero-order valence-corrected chi connectivity index (χ0v) is 10.9. The van der Waals surface area contributed by atoms with Crippen LogP contribution in [0.1, 0.15) is 6.92 Å². The molecule has 0 aliphatic carbocycles. The van der Waals surface area contributed by atoms with Gasteiger partial charge < -0.3 is 10.3 Å². The van der Waals surface area contributed by atoms with Gasteiger partial charge in [0.05, 0.1) is 17.0 Å². The fourth-order valence-electron chi connectivity index (χ4n) is 1.75. The molecule has 0 aromatic heterocycles. The molecule has 0 saturated heterocycles. The average molecular weight is 278 g/mol. The normalized spacial score (nSPS) is 12.1. The number of nitrogens with one attached hydrogen (secondary N) is 1. The molecule has 100 valence electrons. The van der Waals surface area contributed by atoms with E-state index in [-0.39, 0.29) is 0 Å². The predicted molar refractivity (Wildman–Crippen MR) is 73.4 cm³/mol. The molecule has 0 radical (unpaired) electrons. The molecule has 0 bridgehead atoms. The van der Waals surface area contributed by atoms with Crippen molar-refractivity contribution < 1.29 is 13.6 Å². The van der Waals surface area contributed by atoms with Gasteiger partial charge in [0.25, 0.3) is 0 Å². The van der Waals surface area contributed by atoms with Crippen LogP contribution in [0.4, 0.5) is 11.4 Å². The largest absolute Gasteiger partial charge is 0.754 e. The molecule has 0 spiro atoms. The average Bonchev–Trinajstić information content (AvgIpc) is 2.37. The van der Waals surface area contributed by atoms with Gasteiger partial charge in [-0.1, -0.05) is 24.3 Å². The predicted octanol–water partition coefficient (Wildman–Crippen LogP) is 1.39. The first-order chi connectivity index (χ1) is 9.00. The van der Waals surface area contributed by atoms with E-state index in [1.807, 2.05) is 12.1 Å². The van der Waals surface area contributed by atoms with Crippen LogP contribution in [-0.2, 0) is 16.1 Å². The molecule has 3 N–H and O–H groups in total. The minimum Gasteiger partial charge on any atom is -0.754 e. The Hall–Kier alpha value is -2.12. The van der Waals surface area contributed by atoms with Crippen LogP contribution < -0.4 is 11.2 Å². The number of nitrogen functional groups attached to an aromatic ring is 1. The van der Waals surface area contributed by atoms with E-state index in [4.69, 9.17) is 5.73 Å². The lowest BCUT2D eigenvalue weighted by molar-refractivity contribution is -0.123. The highest BCUT2D eigenvalue weighted by atomic mass is 32.2. The highest BCUT2D eigenvalue weighted by Gasteiger charge is 2.11. The Bertz CT molecular complexity index is 646. The third-order valence-electron chi connectivity index (χ3n) is 2.61. The molecule has 0 heterocycles. The molecule has 2 aromatic carbocycles. The van der Waals surface area contributed by atoms with E-state index in [2.05, 4.69) is 5.43 Å². The second-order valence-corrected chi connectivity index (χ2v) is 4.69. The minimum atomic E-state index is -2.69. The first-order valence-electron chi connectivity index (χ1n) is 5.44. The van der Waals surface area contributed by atoms with Crippen molar-refractivity contribution in [2.45, 2.75) is 6.92 Å². The maximum atomic E-state index is 11.2. The Morgan fingerprint density at radius 2 is 1.89 bits per heavy atom. The van der Waals surface area contributed by atoms with Crippen LogP contribution >= 0.6 is 0 Å². The van der Waals surface area contributed by atoms with Crippen molar-refractivity contribution in [2.24, 2.45) is 0 Å². The van der Waals surface area contributed by atoms with Crippen molar-refractivity contribution in [3.05, 3.63) is 36.4 Å². The summed E-state index contributed by atoms with van der Waals surface area (Å²) in [6.45, 7) is 1.16. The van der Waals surface area contributed by atoms with Gasteiger partial charge in [-0.15, -0.1) is 0 Å². The Labute approximate surface area is 112 Å². The SMILES string of the molecule is CC(=O)N(Nc1ccc(N)c2ccccc12)S(=O)[O-]. The van der Waals surface area contributed by atoms with Crippen LogP contribution in [-0.4, -0.2) is 19.1 Å². The number of rotatable bonds is 3. The standard InChI is InChI=1S/C12H13N3O3S/c1-8(16)15(19(17)18)14-12-7-6-11(13)9-4-2-3-5-10(9)12/h2-7,14H,13H2,1H3,(H,17,18)/p-1. The summed E-state index contributed by atoms with van der Waals surface area (Å²) in [4.78, 5) is 11.2. The number of nitrogens with two attached hydrogens (primary N) is 1. The molecule has 1 atom stereocenters. The van der Waals surface area contributed by atoms with Gasteiger partial charge in [0.1, 0.15) is 0 Å². The fraction of sp³-hybridized carbons (Fsp3) is 0.0833. The van der Waals surface area contributed by atoms with Gasteiger partial charge in [-0.05, 0) is 12.1 Å². The van der Waals surface area contributed by atoms with Crippen LogP contribution in [0.25, 0.3) is 10.8 Å². The zero-order valence-electron chi connectivity index (χ0n) is 10.1. The van der Waals surface area contributed by atoms with Gasteiger partial charge in [-0.25, -0.2) is 0 Å². The van der Waals surface area contributed by atoms with Gasteiger partial charge in [-0.3, -0.25) is 14.4 Å². The topological polar surface area (TPSA) is 98.5 Å². The molecule has 7 heteroatoms. The molecule has 1 amide bonds. The molecular formula is C12H12N3O3S-. The maximum Gasteiger partial charge on any atom is 0.249 e. The number of carbonyl (C=O) groups excluding carboxylic acids is 1. The lowest BCUT2D eigenvalue weighted by atomic mass is 10.1. The number of nitrogens with zero attached hydrogens (tertiary/aromatic N) is 1. The smallest absolute Gasteiger partial charge is 0.249 e. The minimum absolute atomic E-state index is 0.490. The highest BCUT2D eigenvalue weighted by Crippen LogP contribution is 2.28. The Morgan fingerprint density at radius 3 is 2.47 bits per heavy atom. The van der Waals surface area contributed by atoms with Crippen molar-refractivity contribution in [2.75, 3.05) is 11.2 Å². The second-order valence-electron chi connectivity index (χ2n) is 3.89. The summed E-state index contributed by atoms with van der Waals surface area (Å²) in [6.07, 6.45) is 0. The number of hydrogen-bond acceptors (Lipinski definition) is 5. The van der Waals surface area contributed by atoms with E-state index in [0.29, 0.717) is 15.8 Å². The summed E-state index contributed by atoms with van der Waals surface area (Å²) < 4.78 is 22.5. The van der Waals surface area contributed by atoms with Gasteiger partial charge in [0.15, 0.2) is 0 Å². The van der Waals surface area contributed by atoms with E-state index in [1.54, 1.807) is 24.3 Å². The third kappa shape index (κ3) is 2.67. The van der Waals surface area contributed by atoms with Crippen LogP contribution in [0.15, 0.2) is 36.4 Å². The van der Waals surface area contributed by atoms with Crippen molar-refractivity contribution in [1.29, 1.82) is 0 Å². The molecule has 1 unspecified atom stereocenters. The lowest BCUT2D eigenvalue weighted by Gasteiger charge is -2.25. The van der Waals surface area contributed by atoms with Gasteiger partial charge in [-0.2, -0.15) is 4.41 Å². The summed E-state index contributed by atoms with van der Waals surface area (Å²) >= 11 is -2.69. The monoisotopic (exact) mass is 278 g/mol. The first kappa shape index (κ1) is 13.3. The number of fused-ring (bicyclic) bond motifs is 1. The van der Waals surface area contributed by atoms with Crippen molar-refractivity contribution in [3.63, 3.8) is 0 Å². The van der Waals surface area contributed by atoms with Gasteiger partial charge in [0, 0.05) is 23.4 Å². The number of anilines is 2. The third-order valence-corrected chi connectivity index (χ3v) is 3.26. The van der Waals surface area contributed by atoms with Crippen molar-refractivity contribution in [1.82, 2.24) is 4.41 Å². The number of amides is 1. The number of hydrogen-bond donors (Lipinski definition) is 2. The molecule has 6 nitrogen and oxygen atoms in total. The van der Waals surface area contributed by atoms with Gasteiger partial charge in [0.2, 0.25) is 5.91 Å². The fourth-order valence-corrected chi connectivity index (χ4v) is 2.13. The van der Waals surface area contributed by atoms with Crippen molar-refractivity contribution >= 4 is 39.3 Å². The first-order valence-corrected chi connectivity index (χ1v) is 6.48. The van der Waals surface area contributed by atoms with E-state index in [0.717, 1.165) is 17.7 Å². The maximum absolute atomic E-state index is 11.2. The molecule has 0 aliphatic heterocycles. The lowest BCUT2D eigenvalue weighted by Crippen LogP contribution is -2.35. The van der Waals surface area contributed by atoms with Gasteiger partial charge >= 0.3 is 0 Å². The summed E-state index contributed by atoms with van der Waals surface area (Å²) in [5, 5.41) is 1.52. The number of hydrazine groups is 1. The summed E-state index contributed by atoms with van der Waals surface area (Å²) in [5.41, 5.74) is 9.48. The van der Waals surface area contributed by atoms with E-state index >= 15 is 0 Å². The number of carbonyl (C=O) groups is 1. The van der Waals surface area contributed by atoms with E-state index in [1.165, 1.54) is 0 Å². The number of benzene rings is 2. The highest BCUT2D eigenvalue weighted by molar-refractivity contribution is 7.77. The van der Waals surface area contributed by atoms with Crippen molar-refractivity contribution in [3.8, 4) is 0 Å². The Balaban J connectivity index is 2.49. The molecule has 0 fully saturated rings. The Morgan fingerprint density at radius 1 is 1.26 bits per heavy atom.